The Kier molecular flexibility index (Phi) is 6.33. The van der Waals surface area contributed by atoms with Crippen molar-refractivity contribution in [3.05, 3.63) is 94.0 Å². The standard InChI is InChI=1S/C26H22BrN5O3/c1-16-23(24(31-34-3)26-30-29-25(35-26)21-6-4-5-13-28-21)20-14-19(33-2)11-12-22(20)32(16)15-17-7-9-18(27)10-8-17/h4-14H,15H2,1-3H3. The number of methoxy groups -OCH3 is 1. The molecule has 3 heterocycles. The fourth-order valence-corrected chi connectivity index (χ4v) is 4.32. The Balaban J connectivity index is 1.67. The first-order valence-electron chi connectivity index (χ1n) is 10.9. The molecule has 0 aliphatic carbocycles. The number of aromatic nitrogens is 4. The molecule has 0 spiro atoms. The Morgan fingerprint density at radius 3 is 2.60 bits per heavy atom. The number of oxime groups is 1. The van der Waals surface area contributed by atoms with Crippen molar-refractivity contribution < 1.29 is 14.0 Å². The molecule has 5 aromatic rings. The van der Waals surface area contributed by atoms with Crippen molar-refractivity contribution in [1.82, 2.24) is 19.7 Å². The monoisotopic (exact) mass is 531 g/mol. The minimum atomic E-state index is 0.237. The minimum absolute atomic E-state index is 0.237. The number of nitrogens with zero attached hydrogens (tertiary/aromatic N) is 5. The molecule has 5 rings (SSSR count). The first-order valence-corrected chi connectivity index (χ1v) is 11.7. The van der Waals surface area contributed by atoms with E-state index in [1.54, 1.807) is 13.3 Å². The zero-order valence-corrected chi connectivity index (χ0v) is 21.0. The molecule has 3 aromatic heterocycles. The summed E-state index contributed by atoms with van der Waals surface area (Å²) in [6.07, 6.45) is 1.68. The van der Waals surface area contributed by atoms with Gasteiger partial charge in [-0.15, -0.1) is 10.2 Å². The van der Waals surface area contributed by atoms with Crippen LogP contribution in [-0.4, -0.2) is 39.7 Å². The first kappa shape index (κ1) is 22.8. The third-order valence-corrected chi connectivity index (χ3v) is 6.24. The lowest BCUT2D eigenvalue weighted by atomic mass is 10.1. The molecular weight excluding hydrogens is 510 g/mol. The second kappa shape index (κ2) is 9.71. The highest BCUT2D eigenvalue weighted by Crippen LogP contribution is 2.32. The molecule has 176 valence electrons. The maximum absolute atomic E-state index is 6.00. The van der Waals surface area contributed by atoms with Crippen LogP contribution in [0.25, 0.3) is 22.5 Å². The smallest absolute Gasteiger partial charge is 0.270 e. The summed E-state index contributed by atoms with van der Waals surface area (Å²) in [4.78, 5) is 9.52. The van der Waals surface area contributed by atoms with Gasteiger partial charge in [-0.05, 0) is 55.0 Å². The normalized spacial score (nSPS) is 11.7. The predicted molar refractivity (Wildman–Crippen MR) is 137 cm³/mol. The minimum Gasteiger partial charge on any atom is -0.497 e. The van der Waals surface area contributed by atoms with E-state index in [4.69, 9.17) is 14.0 Å². The van der Waals surface area contributed by atoms with Crippen molar-refractivity contribution in [3.8, 4) is 17.3 Å². The van der Waals surface area contributed by atoms with Crippen LogP contribution in [0.15, 0.2) is 80.9 Å². The SMILES string of the molecule is CON=C(c1nnc(-c2ccccn2)o1)c1c(C)n(Cc2ccc(Br)cc2)c2ccc(OC)cc12. The Bertz CT molecular complexity index is 1510. The number of rotatable bonds is 7. The van der Waals surface area contributed by atoms with Crippen LogP contribution in [-0.2, 0) is 11.4 Å². The number of benzene rings is 2. The van der Waals surface area contributed by atoms with Gasteiger partial charge in [0, 0.05) is 39.4 Å². The van der Waals surface area contributed by atoms with Gasteiger partial charge in [0.05, 0.1) is 7.11 Å². The van der Waals surface area contributed by atoms with Crippen molar-refractivity contribution in [2.45, 2.75) is 13.5 Å². The van der Waals surface area contributed by atoms with Gasteiger partial charge in [-0.3, -0.25) is 4.98 Å². The lowest BCUT2D eigenvalue weighted by Crippen LogP contribution is -2.08. The molecule has 35 heavy (non-hydrogen) atoms. The zero-order chi connectivity index (χ0) is 24.4. The number of ether oxygens (including phenoxy) is 1. The van der Waals surface area contributed by atoms with Crippen LogP contribution in [0.1, 0.15) is 22.7 Å². The van der Waals surface area contributed by atoms with Crippen molar-refractivity contribution >= 4 is 32.5 Å². The van der Waals surface area contributed by atoms with Gasteiger partial charge in [-0.25, -0.2) is 0 Å². The highest BCUT2D eigenvalue weighted by atomic mass is 79.9. The molecule has 9 heteroatoms. The van der Waals surface area contributed by atoms with Crippen LogP contribution < -0.4 is 4.74 Å². The third kappa shape index (κ3) is 4.42. The van der Waals surface area contributed by atoms with E-state index in [1.807, 2.05) is 55.5 Å². The highest BCUT2D eigenvalue weighted by Gasteiger charge is 2.25. The Labute approximate surface area is 210 Å². The van der Waals surface area contributed by atoms with E-state index >= 15 is 0 Å². The second-order valence-electron chi connectivity index (χ2n) is 7.81. The molecule has 0 atom stereocenters. The molecule has 0 fully saturated rings. The van der Waals surface area contributed by atoms with Gasteiger partial charge in [0.15, 0.2) is 5.71 Å². The molecule has 0 aliphatic heterocycles. The molecular formula is C26H22BrN5O3. The quantitative estimate of drug-likeness (QED) is 0.200. The van der Waals surface area contributed by atoms with Crippen molar-refractivity contribution in [2.24, 2.45) is 5.16 Å². The first-order chi connectivity index (χ1) is 17.1. The number of pyridine rings is 1. The zero-order valence-electron chi connectivity index (χ0n) is 19.4. The number of fused-ring (bicyclic) bond motifs is 1. The molecule has 0 amide bonds. The van der Waals surface area contributed by atoms with Gasteiger partial charge < -0.3 is 18.6 Å². The predicted octanol–water partition coefficient (Wildman–Crippen LogP) is 5.61. The summed E-state index contributed by atoms with van der Waals surface area (Å²) in [5.74, 6) is 1.27. The second-order valence-corrected chi connectivity index (χ2v) is 8.72. The molecule has 0 N–H and O–H groups in total. The summed E-state index contributed by atoms with van der Waals surface area (Å²) in [6.45, 7) is 2.72. The van der Waals surface area contributed by atoms with Gasteiger partial charge in [-0.2, -0.15) is 0 Å². The average molecular weight is 532 g/mol. The fourth-order valence-electron chi connectivity index (χ4n) is 4.06. The lowest BCUT2D eigenvalue weighted by molar-refractivity contribution is 0.213. The maximum Gasteiger partial charge on any atom is 0.270 e. The molecule has 8 nitrogen and oxygen atoms in total. The number of hydrogen-bond donors (Lipinski definition) is 0. The highest BCUT2D eigenvalue weighted by molar-refractivity contribution is 9.10. The third-order valence-electron chi connectivity index (χ3n) is 5.72. The lowest BCUT2D eigenvalue weighted by Gasteiger charge is -2.09. The van der Waals surface area contributed by atoms with E-state index in [0.717, 1.165) is 37.9 Å². The molecule has 0 aliphatic rings. The molecule has 0 bridgehead atoms. The summed E-state index contributed by atoms with van der Waals surface area (Å²) in [6, 6.07) is 19.7. The fraction of sp³-hybridized carbons (Fsp3) is 0.154. The van der Waals surface area contributed by atoms with E-state index < -0.39 is 0 Å². The van der Waals surface area contributed by atoms with Gasteiger partial charge in [0.2, 0.25) is 0 Å². The van der Waals surface area contributed by atoms with Crippen molar-refractivity contribution in [3.63, 3.8) is 0 Å². The summed E-state index contributed by atoms with van der Waals surface area (Å²) in [5, 5.41) is 13.7. The van der Waals surface area contributed by atoms with Crippen LogP contribution in [0.4, 0.5) is 0 Å². The maximum atomic E-state index is 6.00. The molecule has 0 radical (unpaired) electrons. The van der Waals surface area contributed by atoms with Crippen molar-refractivity contribution in [2.75, 3.05) is 14.2 Å². The number of halogens is 1. The van der Waals surface area contributed by atoms with E-state index in [-0.39, 0.29) is 5.89 Å². The summed E-state index contributed by atoms with van der Waals surface area (Å²) in [5.41, 5.74) is 5.01. The largest absolute Gasteiger partial charge is 0.497 e. The van der Waals surface area contributed by atoms with Crippen LogP contribution in [0.5, 0.6) is 5.75 Å². The van der Waals surface area contributed by atoms with E-state index in [9.17, 15) is 0 Å². The van der Waals surface area contributed by atoms with Crippen LogP contribution >= 0.6 is 15.9 Å². The van der Waals surface area contributed by atoms with Crippen LogP contribution in [0.3, 0.4) is 0 Å². The molecule has 0 saturated carbocycles. The van der Waals surface area contributed by atoms with Gasteiger partial charge in [-0.1, -0.05) is 39.3 Å². The van der Waals surface area contributed by atoms with Gasteiger partial charge in [0.1, 0.15) is 18.6 Å². The van der Waals surface area contributed by atoms with E-state index in [0.29, 0.717) is 23.8 Å². The van der Waals surface area contributed by atoms with Gasteiger partial charge in [0.25, 0.3) is 11.8 Å². The molecule has 0 saturated heterocycles. The van der Waals surface area contributed by atoms with Crippen molar-refractivity contribution in [1.29, 1.82) is 0 Å². The summed E-state index contributed by atoms with van der Waals surface area (Å²) < 4.78 is 14.8. The van der Waals surface area contributed by atoms with Crippen LogP contribution in [0, 0.1) is 6.92 Å². The number of hydrogen-bond acceptors (Lipinski definition) is 7. The molecule has 0 unspecified atom stereocenters. The van der Waals surface area contributed by atoms with E-state index in [1.165, 1.54) is 7.11 Å². The topological polar surface area (TPSA) is 87.6 Å². The van der Waals surface area contributed by atoms with Crippen LogP contribution in [0.2, 0.25) is 0 Å². The average Bonchev–Trinajstić information content (AvgIpc) is 3.48. The molecule has 2 aromatic carbocycles. The summed E-state index contributed by atoms with van der Waals surface area (Å²) in [7, 11) is 3.14. The van der Waals surface area contributed by atoms with Gasteiger partial charge >= 0.3 is 0 Å². The Hall–Kier alpha value is -3.98. The Morgan fingerprint density at radius 2 is 1.89 bits per heavy atom. The van der Waals surface area contributed by atoms with E-state index in [2.05, 4.69) is 53.0 Å². The Morgan fingerprint density at radius 1 is 1.06 bits per heavy atom. The summed E-state index contributed by atoms with van der Waals surface area (Å²) >= 11 is 3.51.